The Morgan fingerprint density at radius 2 is 2.47 bits per heavy atom. The number of piperidine rings is 1. The first kappa shape index (κ1) is 10.1. The third-order valence-corrected chi connectivity index (χ3v) is 2.86. The van der Waals surface area contributed by atoms with E-state index in [1.165, 1.54) is 0 Å². The van der Waals surface area contributed by atoms with Crippen molar-refractivity contribution < 1.29 is 9.90 Å². The molecule has 15 heavy (non-hydrogen) atoms. The number of carboxylic acid groups (broad SMARTS) is 1. The minimum Gasteiger partial charge on any atom is -0.480 e. The van der Waals surface area contributed by atoms with Gasteiger partial charge in [0.25, 0.3) is 0 Å². The molecule has 2 atom stereocenters. The number of nitrogens with one attached hydrogen (secondary N) is 1. The third-order valence-electron chi connectivity index (χ3n) is 2.86. The molecular formula is C11H14N2O2. The van der Waals surface area contributed by atoms with Crippen LogP contribution in [0.5, 0.6) is 0 Å². The summed E-state index contributed by atoms with van der Waals surface area (Å²) in [5.74, 6) is -0.440. The molecule has 0 aromatic carbocycles. The SMILES string of the molecule is O=C(O)C1CC(c2cccnc2)CCN1. The van der Waals surface area contributed by atoms with Crippen LogP contribution in [0, 0.1) is 0 Å². The maximum absolute atomic E-state index is 10.9. The summed E-state index contributed by atoms with van der Waals surface area (Å²) in [6.07, 6.45) is 5.20. The molecule has 1 aliphatic rings. The van der Waals surface area contributed by atoms with E-state index in [9.17, 15) is 4.79 Å². The molecule has 0 saturated carbocycles. The molecule has 0 aliphatic carbocycles. The molecular weight excluding hydrogens is 192 g/mol. The summed E-state index contributed by atoms with van der Waals surface area (Å²) in [4.78, 5) is 14.9. The highest BCUT2D eigenvalue weighted by atomic mass is 16.4. The maximum Gasteiger partial charge on any atom is 0.320 e. The van der Waals surface area contributed by atoms with Crippen LogP contribution < -0.4 is 5.32 Å². The smallest absolute Gasteiger partial charge is 0.320 e. The predicted octanol–water partition coefficient (Wildman–Crippen LogP) is 1.00. The van der Waals surface area contributed by atoms with E-state index in [0.29, 0.717) is 12.3 Å². The zero-order valence-electron chi connectivity index (χ0n) is 8.39. The van der Waals surface area contributed by atoms with Crippen molar-refractivity contribution in [3.63, 3.8) is 0 Å². The molecule has 1 fully saturated rings. The number of carbonyl (C=O) groups is 1. The lowest BCUT2D eigenvalue weighted by Gasteiger charge is -2.27. The van der Waals surface area contributed by atoms with Crippen LogP contribution in [0.4, 0.5) is 0 Å². The highest BCUT2D eigenvalue weighted by molar-refractivity contribution is 5.73. The van der Waals surface area contributed by atoms with Gasteiger partial charge in [0.1, 0.15) is 6.04 Å². The first-order valence-corrected chi connectivity index (χ1v) is 5.13. The average Bonchev–Trinajstić information content (AvgIpc) is 2.30. The highest BCUT2D eigenvalue weighted by Crippen LogP contribution is 2.26. The van der Waals surface area contributed by atoms with Crippen LogP contribution in [-0.4, -0.2) is 28.6 Å². The van der Waals surface area contributed by atoms with Gasteiger partial charge >= 0.3 is 5.97 Å². The molecule has 0 bridgehead atoms. The molecule has 2 rings (SSSR count). The molecule has 80 valence electrons. The second kappa shape index (κ2) is 4.40. The van der Waals surface area contributed by atoms with Gasteiger partial charge in [-0.05, 0) is 36.9 Å². The van der Waals surface area contributed by atoms with Crippen molar-refractivity contribution in [2.75, 3.05) is 6.54 Å². The maximum atomic E-state index is 10.9. The Labute approximate surface area is 88.3 Å². The summed E-state index contributed by atoms with van der Waals surface area (Å²) in [7, 11) is 0. The fraction of sp³-hybridized carbons (Fsp3) is 0.455. The van der Waals surface area contributed by atoms with Gasteiger partial charge in [-0.3, -0.25) is 9.78 Å². The van der Waals surface area contributed by atoms with Gasteiger partial charge in [0, 0.05) is 12.4 Å². The van der Waals surface area contributed by atoms with E-state index in [4.69, 9.17) is 5.11 Å². The zero-order chi connectivity index (χ0) is 10.7. The lowest BCUT2D eigenvalue weighted by atomic mass is 9.87. The van der Waals surface area contributed by atoms with Crippen molar-refractivity contribution in [2.24, 2.45) is 0 Å². The van der Waals surface area contributed by atoms with Gasteiger partial charge in [-0.15, -0.1) is 0 Å². The van der Waals surface area contributed by atoms with E-state index in [-0.39, 0.29) is 0 Å². The van der Waals surface area contributed by atoms with Crippen molar-refractivity contribution in [1.29, 1.82) is 0 Å². The lowest BCUT2D eigenvalue weighted by molar-refractivity contribution is -0.140. The molecule has 1 aliphatic heterocycles. The second-order valence-corrected chi connectivity index (χ2v) is 3.85. The Morgan fingerprint density at radius 3 is 3.13 bits per heavy atom. The molecule has 1 aromatic rings. The van der Waals surface area contributed by atoms with E-state index in [2.05, 4.69) is 10.3 Å². The van der Waals surface area contributed by atoms with E-state index in [1.807, 2.05) is 18.3 Å². The van der Waals surface area contributed by atoms with Gasteiger partial charge < -0.3 is 10.4 Å². The van der Waals surface area contributed by atoms with Crippen molar-refractivity contribution in [3.8, 4) is 0 Å². The monoisotopic (exact) mass is 206 g/mol. The van der Waals surface area contributed by atoms with Gasteiger partial charge in [0.15, 0.2) is 0 Å². The fourth-order valence-corrected chi connectivity index (χ4v) is 2.03. The number of hydrogen-bond donors (Lipinski definition) is 2. The number of aromatic nitrogens is 1. The van der Waals surface area contributed by atoms with E-state index in [0.717, 1.165) is 18.5 Å². The first-order valence-electron chi connectivity index (χ1n) is 5.13. The summed E-state index contributed by atoms with van der Waals surface area (Å²) < 4.78 is 0. The fourth-order valence-electron chi connectivity index (χ4n) is 2.03. The zero-order valence-corrected chi connectivity index (χ0v) is 8.39. The summed E-state index contributed by atoms with van der Waals surface area (Å²) in [6.45, 7) is 0.760. The van der Waals surface area contributed by atoms with Gasteiger partial charge in [0.2, 0.25) is 0 Å². The van der Waals surface area contributed by atoms with Crippen molar-refractivity contribution in [1.82, 2.24) is 10.3 Å². The molecule has 4 nitrogen and oxygen atoms in total. The van der Waals surface area contributed by atoms with Crippen LogP contribution in [0.2, 0.25) is 0 Å². The Bertz CT molecular complexity index is 340. The van der Waals surface area contributed by atoms with Crippen LogP contribution >= 0.6 is 0 Å². The highest BCUT2D eigenvalue weighted by Gasteiger charge is 2.27. The summed E-state index contributed by atoms with van der Waals surface area (Å²) in [5, 5.41) is 11.9. The van der Waals surface area contributed by atoms with Crippen molar-refractivity contribution >= 4 is 5.97 Å². The molecule has 2 N–H and O–H groups in total. The van der Waals surface area contributed by atoms with Crippen molar-refractivity contribution in [3.05, 3.63) is 30.1 Å². The van der Waals surface area contributed by atoms with Crippen LogP contribution in [0.1, 0.15) is 24.3 Å². The molecule has 1 saturated heterocycles. The molecule has 1 aromatic heterocycles. The molecule has 2 unspecified atom stereocenters. The van der Waals surface area contributed by atoms with Crippen LogP contribution in [0.3, 0.4) is 0 Å². The minimum absolute atomic E-state index is 0.320. The van der Waals surface area contributed by atoms with E-state index >= 15 is 0 Å². The topological polar surface area (TPSA) is 62.2 Å². The number of aliphatic carboxylic acids is 1. The second-order valence-electron chi connectivity index (χ2n) is 3.85. The average molecular weight is 206 g/mol. The number of pyridine rings is 1. The lowest BCUT2D eigenvalue weighted by Crippen LogP contribution is -2.42. The molecule has 0 spiro atoms. The first-order chi connectivity index (χ1) is 7.27. The number of carboxylic acids is 1. The molecule has 0 amide bonds. The Morgan fingerprint density at radius 1 is 1.60 bits per heavy atom. The number of rotatable bonds is 2. The standard InChI is InChI=1S/C11H14N2O2/c14-11(15)10-6-8(3-5-13-10)9-2-1-4-12-7-9/h1-2,4,7-8,10,13H,3,5-6H2,(H,14,15). The summed E-state index contributed by atoms with van der Waals surface area (Å²) in [5.41, 5.74) is 1.14. The van der Waals surface area contributed by atoms with E-state index in [1.54, 1.807) is 6.20 Å². The van der Waals surface area contributed by atoms with Crippen LogP contribution in [0.15, 0.2) is 24.5 Å². The van der Waals surface area contributed by atoms with Crippen molar-refractivity contribution in [2.45, 2.75) is 24.8 Å². The van der Waals surface area contributed by atoms with E-state index < -0.39 is 12.0 Å². The number of hydrogen-bond acceptors (Lipinski definition) is 3. The molecule has 2 heterocycles. The Hall–Kier alpha value is -1.42. The van der Waals surface area contributed by atoms with Gasteiger partial charge in [-0.1, -0.05) is 6.07 Å². The predicted molar refractivity (Wildman–Crippen MR) is 55.6 cm³/mol. The van der Waals surface area contributed by atoms with Crippen LogP contribution in [-0.2, 0) is 4.79 Å². The van der Waals surface area contributed by atoms with Gasteiger partial charge in [0.05, 0.1) is 0 Å². The largest absolute Gasteiger partial charge is 0.480 e. The minimum atomic E-state index is -0.761. The Balaban J connectivity index is 2.08. The third kappa shape index (κ3) is 2.33. The summed E-state index contributed by atoms with van der Waals surface area (Å²) in [6, 6.07) is 3.50. The quantitative estimate of drug-likeness (QED) is 0.757. The van der Waals surface area contributed by atoms with Crippen LogP contribution in [0.25, 0.3) is 0 Å². The summed E-state index contributed by atoms with van der Waals surface area (Å²) >= 11 is 0. The normalized spacial score (nSPS) is 26.1. The van der Waals surface area contributed by atoms with Gasteiger partial charge in [-0.2, -0.15) is 0 Å². The Kier molecular flexibility index (Phi) is 2.97. The van der Waals surface area contributed by atoms with Gasteiger partial charge in [-0.25, -0.2) is 0 Å². The molecule has 4 heteroatoms. The number of nitrogens with zero attached hydrogens (tertiary/aromatic N) is 1. The molecule has 0 radical (unpaired) electrons.